The molecular weight excluding hydrogens is 242 g/mol. The van der Waals surface area contributed by atoms with E-state index in [4.69, 9.17) is 9.15 Å². The van der Waals surface area contributed by atoms with Gasteiger partial charge in [0.1, 0.15) is 12.4 Å². The Balaban J connectivity index is 2.71. The number of furan rings is 1. The second-order valence-electron chi connectivity index (χ2n) is 4.73. The fourth-order valence-corrected chi connectivity index (χ4v) is 2.08. The van der Waals surface area contributed by atoms with Crippen molar-refractivity contribution in [3.8, 4) is 0 Å². The zero-order chi connectivity index (χ0) is 14.3. The van der Waals surface area contributed by atoms with E-state index in [1.54, 1.807) is 19.2 Å². The third kappa shape index (κ3) is 4.39. The third-order valence-electron chi connectivity index (χ3n) is 3.46. The summed E-state index contributed by atoms with van der Waals surface area (Å²) in [5, 5.41) is 0. The lowest BCUT2D eigenvalue weighted by Crippen LogP contribution is -2.34. The van der Waals surface area contributed by atoms with Crippen LogP contribution in [0.25, 0.3) is 0 Å². The average Bonchev–Trinajstić information content (AvgIpc) is 2.89. The molecule has 4 nitrogen and oxygen atoms in total. The molecule has 1 amide bonds. The molecule has 0 radical (unpaired) electrons. The fraction of sp³-hybridized carbons (Fsp3) is 0.667. The van der Waals surface area contributed by atoms with E-state index in [0.29, 0.717) is 30.6 Å². The lowest BCUT2D eigenvalue weighted by molar-refractivity contribution is 0.0695. The average molecular weight is 267 g/mol. The van der Waals surface area contributed by atoms with E-state index < -0.39 is 0 Å². The van der Waals surface area contributed by atoms with Crippen molar-refractivity contribution in [2.24, 2.45) is 5.92 Å². The number of hydrogen-bond donors (Lipinski definition) is 0. The van der Waals surface area contributed by atoms with Gasteiger partial charge in [0.15, 0.2) is 5.76 Å². The molecule has 0 bridgehead atoms. The van der Waals surface area contributed by atoms with Crippen LogP contribution in [-0.2, 0) is 11.3 Å². The van der Waals surface area contributed by atoms with Crippen molar-refractivity contribution in [2.45, 2.75) is 40.2 Å². The van der Waals surface area contributed by atoms with Crippen LogP contribution in [0.4, 0.5) is 0 Å². The lowest BCUT2D eigenvalue weighted by atomic mass is 10.0. The SMILES string of the molecule is CCC(CC)CN(CC)C(=O)c1ccc(COC)o1. The zero-order valence-corrected chi connectivity index (χ0v) is 12.4. The fourth-order valence-electron chi connectivity index (χ4n) is 2.08. The molecule has 19 heavy (non-hydrogen) atoms. The Morgan fingerprint density at radius 2 is 2.00 bits per heavy atom. The number of amides is 1. The largest absolute Gasteiger partial charge is 0.453 e. The highest BCUT2D eigenvalue weighted by molar-refractivity contribution is 5.91. The minimum Gasteiger partial charge on any atom is -0.453 e. The zero-order valence-electron chi connectivity index (χ0n) is 12.4. The highest BCUT2D eigenvalue weighted by Gasteiger charge is 2.20. The molecular formula is C15H25NO3. The molecule has 0 unspecified atom stereocenters. The van der Waals surface area contributed by atoms with E-state index in [1.807, 2.05) is 11.8 Å². The van der Waals surface area contributed by atoms with Gasteiger partial charge in [-0.05, 0) is 25.0 Å². The number of nitrogens with zero attached hydrogens (tertiary/aromatic N) is 1. The monoisotopic (exact) mass is 267 g/mol. The van der Waals surface area contributed by atoms with Crippen molar-refractivity contribution >= 4 is 5.91 Å². The van der Waals surface area contributed by atoms with E-state index in [9.17, 15) is 4.79 Å². The molecule has 0 N–H and O–H groups in total. The van der Waals surface area contributed by atoms with Crippen molar-refractivity contribution in [1.29, 1.82) is 0 Å². The van der Waals surface area contributed by atoms with Gasteiger partial charge in [-0.15, -0.1) is 0 Å². The first-order valence-corrected chi connectivity index (χ1v) is 7.03. The van der Waals surface area contributed by atoms with Crippen LogP contribution in [0.5, 0.6) is 0 Å². The number of hydrogen-bond acceptors (Lipinski definition) is 3. The number of rotatable bonds is 8. The molecule has 0 saturated carbocycles. The molecule has 1 aromatic rings. The molecule has 108 valence electrons. The maximum atomic E-state index is 12.4. The van der Waals surface area contributed by atoms with Gasteiger partial charge in [0.25, 0.3) is 5.91 Å². The summed E-state index contributed by atoms with van der Waals surface area (Å²) in [6.07, 6.45) is 2.18. The van der Waals surface area contributed by atoms with E-state index in [0.717, 1.165) is 19.4 Å². The van der Waals surface area contributed by atoms with Crippen LogP contribution in [0.2, 0.25) is 0 Å². The van der Waals surface area contributed by atoms with Gasteiger partial charge < -0.3 is 14.1 Å². The molecule has 1 heterocycles. The molecule has 0 fully saturated rings. The van der Waals surface area contributed by atoms with Crippen LogP contribution in [-0.4, -0.2) is 31.0 Å². The molecule has 4 heteroatoms. The van der Waals surface area contributed by atoms with E-state index in [1.165, 1.54) is 0 Å². The normalized spacial score (nSPS) is 11.0. The first-order chi connectivity index (χ1) is 9.15. The van der Waals surface area contributed by atoms with E-state index >= 15 is 0 Å². The smallest absolute Gasteiger partial charge is 0.289 e. The summed E-state index contributed by atoms with van der Waals surface area (Å²) in [7, 11) is 1.61. The molecule has 0 aliphatic rings. The van der Waals surface area contributed by atoms with Gasteiger partial charge in [0.2, 0.25) is 0 Å². The topological polar surface area (TPSA) is 42.7 Å². The van der Waals surface area contributed by atoms with E-state index in [2.05, 4.69) is 13.8 Å². The molecule has 0 saturated heterocycles. The van der Waals surface area contributed by atoms with Crippen molar-refractivity contribution < 1.29 is 13.9 Å². The van der Waals surface area contributed by atoms with Crippen LogP contribution in [0.1, 0.15) is 49.9 Å². The first-order valence-electron chi connectivity index (χ1n) is 7.03. The molecule has 0 aliphatic carbocycles. The predicted molar refractivity (Wildman–Crippen MR) is 75.1 cm³/mol. The Morgan fingerprint density at radius 3 is 2.53 bits per heavy atom. The second kappa shape index (κ2) is 8.00. The maximum Gasteiger partial charge on any atom is 0.289 e. The number of methoxy groups -OCH3 is 1. The van der Waals surface area contributed by atoms with Crippen molar-refractivity contribution in [3.05, 3.63) is 23.7 Å². The van der Waals surface area contributed by atoms with Gasteiger partial charge in [-0.3, -0.25) is 4.79 Å². The Morgan fingerprint density at radius 1 is 1.32 bits per heavy atom. The molecule has 1 aromatic heterocycles. The Hall–Kier alpha value is -1.29. The van der Waals surface area contributed by atoms with Gasteiger partial charge in [-0.1, -0.05) is 26.7 Å². The summed E-state index contributed by atoms with van der Waals surface area (Å²) in [5.41, 5.74) is 0. The van der Waals surface area contributed by atoms with Gasteiger partial charge in [0.05, 0.1) is 0 Å². The number of carbonyl (C=O) groups excluding carboxylic acids is 1. The van der Waals surface area contributed by atoms with Crippen LogP contribution in [0.15, 0.2) is 16.5 Å². The van der Waals surface area contributed by atoms with E-state index in [-0.39, 0.29) is 5.91 Å². The van der Waals surface area contributed by atoms with Gasteiger partial charge in [-0.2, -0.15) is 0 Å². The van der Waals surface area contributed by atoms with Gasteiger partial charge in [-0.25, -0.2) is 0 Å². The van der Waals surface area contributed by atoms with Gasteiger partial charge >= 0.3 is 0 Å². The molecule has 0 aliphatic heterocycles. The summed E-state index contributed by atoms with van der Waals surface area (Å²) in [6.45, 7) is 8.22. The first kappa shape index (κ1) is 15.8. The summed E-state index contributed by atoms with van der Waals surface area (Å²) in [4.78, 5) is 14.2. The van der Waals surface area contributed by atoms with Crippen molar-refractivity contribution in [3.63, 3.8) is 0 Å². The minimum absolute atomic E-state index is 0.0308. The molecule has 0 aromatic carbocycles. The lowest BCUT2D eigenvalue weighted by Gasteiger charge is -2.24. The minimum atomic E-state index is -0.0308. The van der Waals surface area contributed by atoms with Crippen molar-refractivity contribution in [2.75, 3.05) is 20.2 Å². The maximum absolute atomic E-state index is 12.4. The van der Waals surface area contributed by atoms with Crippen LogP contribution in [0, 0.1) is 5.92 Å². The number of ether oxygens (including phenoxy) is 1. The highest BCUT2D eigenvalue weighted by Crippen LogP contribution is 2.15. The number of carbonyl (C=O) groups is 1. The second-order valence-corrected chi connectivity index (χ2v) is 4.73. The molecule has 0 spiro atoms. The Bertz CT molecular complexity index is 382. The van der Waals surface area contributed by atoms with Gasteiger partial charge in [0, 0.05) is 20.2 Å². The van der Waals surface area contributed by atoms with Crippen molar-refractivity contribution in [1.82, 2.24) is 4.90 Å². The molecule has 0 atom stereocenters. The Labute approximate surface area is 115 Å². The van der Waals surface area contributed by atoms with Crippen LogP contribution < -0.4 is 0 Å². The Kier molecular flexibility index (Phi) is 6.64. The predicted octanol–water partition coefficient (Wildman–Crippen LogP) is 3.32. The summed E-state index contributed by atoms with van der Waals surface area (Å²) in [5.74, 6) is 1.61. The van der Waals surface area contributed by atoms with Crippen LogP contribution in [0.3, 0.4) is 0 Å². The van der Waals surface area contributed by atoms with Crippen LogP contribution >= 0.6 is 0 Å². The standard InChI is InChI=1S/C15H25NO3/c1-5-12(6-2)10-16(7-3)15(17)14-9-8-13(19-14)11-18-4/h8-9,12H,5-7,10-11H2,1-4H3. The summed E-state index contributed by atoms with van der Waals surface area (Å²) < 4.78 is 10.5. The molecule has 1 rings (SSSR count). The quantitative estimate of drug-likeness (QED) is 0.725. The summed E-state index contributed by atoms with van der Waals surface area (Å²) >= 11 is 0. The highest BCUT2D eigenvalue weighted by atomic mass is 16.5. The summed E-state index contributed by atoms with van der Waals surface area (Å²) in [6, 6.07) is 3.52. The third-order valence-corrected chi connectivity index (χ3v) is 3.46.